The molecule has 0 unspecified atom stereocenters. The third kappa shape index (κ3) is 5.09. The second kappa shape index (κ2) is 10.0. The van der Waals surface area contributed by atoms with Crippen LogP contribution in [0.4, 0.5) is 5.69 Å². The van der Waals surface area contributed by atoms with Gasteiger partial charge in [0.15, 0.2) is 17.2 Å². The quantitative estimate of drug-likeness (QED) is 0.123. The van der Waals surface area contributed by atoms with Gasteiger partial charge in [0.1, 0.15) is 6.61 Å². The Kier molecular flexibility index (Phi) is 6.92. The first-order valence-corrected chi connectivity index (χ1v) is 11.3. The summed E-state index contributed by atoms with van der Waals surface area (Å²) >= 11 is 2.25. The first-order valence-electron chi connectivity index (χ1n) is 10.2. The zero-order valence-corrected chi connectivity index (χ0v) is 20.4. The summed E-state index contributed by atoms with van der Waals surface area (Å²) in [6, 6.07) is 17.8. The molecule has 0 amide bonds. The van der Waals surface area contributed by atoms with Gasteiger partial charge >= 0.3 is 5.97 Å². The third-order valence-electron chi connectivity index (χ3n) is 5.15. The minimum atomic E-state index is -0.640. The van der Waals surface area contributed by atoms with E-state index in [9.17, 15) is 14.9 Å². The lowest BCUT2D eigenvalue weighted by atomic mass is 10.1. The molecule has 4 rings (SSSR count). The zero-order valence-electron chi connectivity index (χ0n) is 18.3. The highest BCUT2D eigenvalue weighted by molar-refractivity contribution is 14.1. The van der Waals surface area contributed by atoms with Crippen molar-refractivity contribution in [3.8, 4) is 11.5 Å². The van der Waals surface area contributed by atoms with Crippen molar-refractivity contribution in [2.24, 2.45) is 4.99 Å². The fraction of sp³-hybridized carbons (Fsp3) is 0.120. The largest absolute Gasteiger partial charge is 0.493 e. The number of esters is 1. The number of nitro groups is 1. The summed E-state index contributed by atoms with van der Waals surface area (Å²) in [7, 11) is 1.54. The van der Waals surface area contributed by atoms with Gasteiger partial charge in [-0.15, -0.1) is 0 Å². The van der Waals surface area contributed by atoms with Crippen molar-refractivity contribution in [3.63, 3.8) is 0 Å². The molecule has 3 aromatic carbocycles. The predicted molar refractivity (Wildman–Crippen MR) is 135 cm³/mol. The Morgan fingerprint density at radius 3 is 2.59 bits per heavy atom. The van der Waals surface area contributed by atoms with E-state index >= 15 is 0 Å². The number of carbonyl (C=O) groups excluding carboxylic acids is 1. The Morgan fingerprint density at radius 1 is 1.12 bits per heavy atom. The van der Waals surface area contributed by atoms with Crippen molar-refractivity contribution < 1.29 is 23.9 Å². The molecule has 0 bridgehead atoms. The topological polar surface area (TPSA) is 100 Å². The van der Waals surface area contributed by atoms with Gasteiger partial charge in [0.05, 0.1) is 12.0 Å². The van der Waals surface area contributed by atoms with Crippen LogP contribution in [0, 0.1) is 20.6 Å². The van der Waals surface area contributed by atoms with Crippen molar-refractivity contribution in [2.75, 3.05) is 7.11 Å². The van der Waals surface area contributed by atoms with Crippen molar-refractivity contribution in [1.29, 1.82) is 0 Å². The molecule has 0 saturated heterocycles. The number of cyclic esters (lactones) is 1. The van der Waals surface area contributed by atoms with Gasteiger partial charge in [0.2, 0.25) is 5.90 Å². The highest BCUT2D eigenvalue weighted by atomic mass is 127. The number of nitro benzene ring substituents is 1. The molecular weight excluding hydrogens is 551 g/mol. The van der Waals surface area contributed by atoms with Crippen LogP contribution in [-0.2, 0) is 16.1 Å². The van der Waals surface area contributed by atoms with Crippen LogP contribution in [0.25, 0.3) is 6.08 Å². The summed E-state index contributed by atoms with van der Waals surface area (Å²) in [6.45, 7) is 1.97. The summed E-state index contributed by atoms with van der Waals surface area (Å²) < 4.78 is 17.8. The van der Waals surface area contributed by atoms with Crippen LogP contribution in [0.15, 0.2) is 71.4 Å². The Balaban J connectivity index is 1.57. The van der Waals surface area contributed by atoms with E-state index < -0.39 is 10.9 Å². The highest BCUT2D eigenvalue weighted by Gasteiger charge is 2.27. The normalized spacial score (nSPS) is 14.0. The molecule has 0 spiro atoms. The van der Waals surface area contributed by atoms with Crippen molar-refractivity contribution >= 4 is 46.2 Å². The highest BCUT2D eigenvalue weighted by Crippen LogP contribution is 2.31. The lowest BCUT2D eigenvalue weighted by molar-refractivity contribution is -0.385. The minimum absolute atomic E-state index is 0.0295. The Hall–Kier alpha value is -3.73. The number of rotatable bonds is 7. The first kappa shape index (κ1) is 23.4. The number of nitrogens with zero attached hydrogens (tertiary/aromatic N) is 2. The monoisotopic (exact) mass is 570 g/mol. The van der Waals surface area contributed by atoms with Gasteiger partial charge in [-0.25, -0.2) is 9.79 Å². The fourth-order valence-corrected chi connectivity index (χ4v) is 3.73. The van der Waals surface area contributed by atoms with E-state index in [1.807, 2.05) is 24.3 Å². The van der Waals surface area contributed by atoms with Gasteiger partial charge in [-0.05, 0) is 77.0 Å². The second-order valence-electron chi connectivity index (χ2n) is 7.37. The lowest BCUT2D eigenvalue weighted by Crippen LogP contribution is -2.08. The van der Waals surface area contributed by atoms with Crippen molar-refractivity contribution in [1.82, 2.24) is 0 Å². The molecule has 9 heteroatoms. The molecule has 34 heavy (non-hydrogen) atoms. The lowest BCUT2D eigenvalue weighted by Gasteiger charge is -2.11. The number of hydrogen-bond donors (Lipinski definition) is 0. The maximum absolute atomic E-state index is 12.4. The smallest absolute Gasteiger partial charge is 0.363 e. The van der Waals surface area contributed by atoms with Crippen LogP contribution in [0.3, 0.4) is 0 Å². The molecule has 0 fully saturated rings. The molecule has 1 aliphatic rings. The predicted octanol–water partition coefficient (Wildman–Crippen LogP) is 5.44. The number of methoxy groups -OCH3 is 1. The molecule has 3 aromatic rings. The second-order valence-corrected chi connectivity index (χ2v) is 8.61. The number of aliphatic imine (C=N–C) groups is 1. The molecule has 0 aromatic heterocycles. The van der Waals surface area contributed by atoms with Gasteiger partial charge in [-0.3, -0.25) is 10.1 Å². The average Bonchev–Trinajstić information content (AvgIpc) is 3.18. The summed E-state index contributed by atoms with van der Waals surface area (Å²) in [6.07, 6.45) is 1.56. The van der Waals surface area contributed by atoms with E-state index in [-0.39, 0.29) is 17.3 Å². The molecule has 0 atom stereocenters. The summed E-state index contributed by atoms with van der Waals surface area (Å²) in [4.78, 5) is 27.4. The van der Waals surface area contributed by atoms with E-state index in [1.54, 1.807) is 37.3 Å². The van der Waals surface area contributed by atoms with Gasteiger partial charge in [0, 0.05) is 20.8 Å². The number of halogens is 1. The van der Waals surface area contributed by atoms with Crippen molar-refractivity contribution in [2.45, 2.75) is 13.5 Å². The van der Waals surface area contributed by atoms with Crippen LogP contribution < -0.4 is 9.47 Å². The van der Waals surface area contributed by atoms with Gasteiger partial charge in [0.25, 0.3) is 5.69 Å². The number of hydrogen-bond acceptors (Lipinski definition) is 7. The molecule has 172 valence electrons. The van der Waals surface area contributed by atoms with E-state index in [0.717, 1.165) is 9.13 Å². The minimum Gasteiger partial charge on any atom is -0.493 e. The van der Waals surface area contributed by atoms with Gasteiger partial charge in [-0.1, -0.05) is 24.3 Å². The molecule has 8 nitrogen and oxygen atoms in total. The molecule has 1 aliphatic heterocycles. The van der Waals surface area contributed by atoms with E-state index in [1.165, 1.54) is 19.2 Å². The van der Waals surface area contributed by atoms with Gasteiger partial charge < -0.3 is 14.2 Å². The van der Waals surface area contributed by atoms with Crippen LogP contribution in [0.5, 0.6) is 11.5 Å². The molecular formula is C25H19IN2O6. The summed E-state index contributed by atoms with van der Waals surface area (Å²) in [5.74, 6) is 0.458. The first-order chi connectivity index (χ1) is 16.4. The van der Waals surface area contributed by atoms with Crippen LogP contribution in [0.2, 0.25) is 0 Å². The molecule has 0 aliphatic carbocycles. The molecule has 0 saturated carbocycles. The van der Waals surface area contributed by atoms with Crippen LogP contribution >= 0.6 is 22.6 Å². The van der Waals surface area contributed by atoms with Crippen LogP contribution in [-0.4, -0.2) is 23.9 Å². The molecule has 0 N–H and O–H groups in total. The average molecular weight is 570 g/mol. The number of carbonyl (C=O) groups is 1. The molecule has 1 heterocycles. The standard InChI is InChI=1S/C25H19IN2O6/c1-15-19(4-3-5-21(15)28(30)31)24-27-20(25(29)34-24)12-17-8-11-22(23(13-17)32-2)33-14-16-6-9-18(26)10-7-16/h3-13H,14H2,1-2H3/b20-12-. The SMILES string of the molecule is COc1cc(/C=C2\N=C(c3cccc([N+](=O)[O-])c3C)OC2=O)ccc1OCc1ccc(I)cc1. The third-order valence-corrected chi connectivity index (χ3v) is 5.87. The van der Waals surface area contributed by atoms with Crippen LogP contribution in [0.1, 0.15) is 22.3 Å². The van der Waals surface area contributed by atoms with E-state index in [4.69, 9.17) is 14.2 Å². The fourth-order valence-electron chi connectivity index (χ4n) is 3.37. The maximum atomic E-state index is 12.4. The number of benzene rings is 3. The molecule has 0 radical (unpaired) electrons. The maximum Gasteiger partial charge on any atom is 0.363 e. The van der Waals surface area contributed by atoms with E-state index in [2.05, 4.69) is 27.6 Å². The Labute approximate surface area is 209 Å². The van der Waals surface area contributed by atoms with Gasteiger partial charge in [-0.2, -0.15) is 0 Å². The Bertz CT molecular complexity index is 1330. The Morgan fingerprint density at radius 2 is 1.88 bits per heavy atom. The van der Waals surface area contributed by atoms with Crippen molar-refractivity contribution in [3.05, 3.63) is 102 Å². The zero-order chi connectivity index (χ0) is 24.2. The number of ether oxygens (including phenoxy) is 3. The summed E-state index contributed by atoms with van der Waals surface area (Å²) in [5.41, 5.74) is 2.46. The summed E-state index contributed by atoms with van der Waals surface area (Å²) in [5, 5.41) is 11.2. The van der Waals surface area contributed by atoms with E-state index in [0.29, 0.717) is 34.8 Å².